The molecule has 0 saturated heterocycles. The van der Waals surface area contributed by atoms with Crippen molar-refractivity contribution in [1.29, 1.82) is 0 Å². The Kier molecular flexibility index (Phi) is 19.6. The maximum Gasteiger partial charge on any atom is 0.173 e. The monoisotopic (exact) mass is 616 g/mol. The molecule has 0 saturated carbocycles. The average Bonchev–Trinajstić information content (AvgIpc) is 2.79. The van der Waals surface area contributed by atoms with Crippen molar-refractivity contribution < 1.29 is 4.12 Å². The zero-order valence-corrected chi connectivity index (χ0v) is 32.6. The van der Waals surface area contributed by atoms with Gasteiger partial charge >= 0.3 is 0 Å². The molecule has 0 radical (unpaired) electrons. The van der Waals surface area contributed by atoms with Gasteiger partial charge in [0.2, 0.25) is 0 Å². The summed E-state index contributed by atoms with van der Waals surface area (Å²) in [4.78, 5) is 0. The van der Waals surface area contributed by atoms with Crippen LogP contribution in [-0.2, 0) is 4.12 Å². The summed E-state index contributed by atoms with van der Waals surface area (Å²) in [5.41, 5.74) is 22.2. The standard InChI is InChI=1S/C16H32N2Si2.C8H23NOSi2.C4H13NSi/c1-19(2,13-5-11-17)15-7-9-16(10-8-15)20(3,4)14-6-12-18;1-11(2,3)10-12(4,5)8-6-7-9;1-6(2,3)4-5/h7-10H,5-6,11-14,17-18H2,1-4H3;6-9H2,1-5H3;4-5H2,1-3H3. The van der Waals surface area contributed by atoms with E-state index in [0.717, 1.165) is 45.1 Å². The number of hydrogen-bond acceptors (Lipinski definition) is 5. The Bertz CT molecular complexity index is 691. The van der Waals surface area contributed by atoms with Crippen molar-refractivity contribution >= 4 is 51.2 Å². The average molecular weight is 617 g/mol. The normalized spacial score (nSPS) is 12.8. The molecule has 0 fully saturated rings. The number of hydrogen-bond donors (Lipinski definition) is 4. The molecular formula is C28H68N4OSi5. The summed E-state index contributed by atoms with van der Waals surface area (Å²) in [6.07, 6.45) is 4.33. The molecular weight excluding hydrogens is 549 g/mol. The highest BCUT2D eigenvalue weighted by atomic mass is 28.4. The van der Waals surface area contributed by atoms with Crippen molar-refractivity contribution in [3.05, 3.63) is 24.3 Å². The van der Waals surface area contributed by atoms with Gasteiger partial charge in [0.15, 0.2) is 16.6 Å². The van der Waals surface area contributed by atoms with E-state index in [1.165, 1.54) is 18.1 Å². The number of rotatable bonds is 14. The second kappa shape index (κ2) is 18.5. The molecule has 0 aromatic heterocycles. The van der Waals surface area contributed by atoms with Crippen molar-refractivity contribution in [1.82, 2.24) is 0 Å². The summed E-state index contributed by atoms with van der Waals surface area (Å²) >= 11 is 0. The maximum absolute atomic E-state index is 6.15. The molecule has 1 aromatic rings. The van der Waals surface area contributed by atoms with Gasteiger partial charge in [-0.3, -0.25) is 0 Å². The molecule has 0 bridgehead atoms. The Morgan fingerprint density at radius 1 is 0.526 bits per heavy atom. The largest absolute Gasteiger partial charge is 0.456 e. The summed E-state index contributed by atoms with van der Waals surface area (Å²) in [6.45, 7) is 30.4. The highest BCUT2D eigenvalue weighted by Gasteiger charge is 2.29. The Morgan fingerprint density at radius 3 is 1.05 bits per heavy atom. The summed E-state index contributed by atoms with van der Waals surface area (Å²) in [5.74, 6) is 0. The molecule has 0 heterocycles. The molecule has 38 heavy (non-hydrogen) atoms. The molecule has 0 atom stereocenters. The number of nitrogens with two attached hydrogens (primary N) is 4. The van der Waals surface area contributed by atoms with Crippen LogP contribution in [0.5, 0.6) is 0 Å². The van der Waals surface area contributed by atoms with Gasteiger partial charge in [-0.15, -0.1) is 0 Å². The Morgan fingerprint density at radius 2 is 0.816 bits per heavy atom. The van der Waals surface area contributed by atoms with E-state index in [1.54, 1.807) is 10.4 Å². The van der Waals surface area contributed by atoms with Crippen molar-refractivity contribution in [3.63, 3.8) is 0 Å². The summed E-state index contributed by atoms with van der Waals surface area (Å²) in [6, 6.07) is 13.3. The molecule has 0 amide bonds. The van der Waals surface area contributed by atoms with Crippen molar-refractivity contribution in [3.8, 4) is 0 Å². The van der Waals surface area contributed by atoms with E-state index in [4.69, 9.17) is 27.0 Å². The van der Waals surface area contributed by atoms with E-state index < -0.39 is 40.9 Å². The molecule has 0 aliphatic heterocycles. The van der Waals surface area contributed by atoms with Gasteiger partial charge in [-0.05, 0) is 83.8 Å². The first-order valence-corrected chi connectivity index (χ1v) is 31.4. The predicted molar refractivity (Wildman–Crippen MR) is 190 cm³/mol. The van der Waals surface area contributed by atoms with Crippen LogP contribution in [0.4, 0.5) is 0 Å². The molecule has 1 aromatic carbocycles. The van der Waals surface area contributed by atoms with Crippen molar-refractivity contribution in [2.24, 2.45) is 22.9 Å². The van der Waals surface area contributed by atoms with Crippen LogP contribution in [0.15, 0.2) is 24.3 Å². The van der Waals surface area contributed by atoms with Gasteiger partial charge < -0.3 is 27.0 Å². The molecule has 1 rings (SSSR count). The lowest BCUT2D eigenvalue weighted by Gasteiger charge is -2.31. The fourth-order valence-electron chi connectivity index (χ4n) is 4.16. The van der Waals surface area contributed by atoms with E-state index in [1.807, 2.05) is 0 Å². The van der Waals surface area contributed by atoms with Gasteiger partial charge in [0.1, 0.15) is 0 Å². The van der Waals surface area contributed by atoms with E-state index in [2.05, 4.69) is 103 Å². The van der Waals surface area contributed by atoms with Gasteiger partial charge in [0.05, 0.1) is 24.2 Å². The van der Waals surface area contributed by atoms with Gasteiger partial charge in [0, 0.05) is 0 Å². The van der Waals surface area contributed by atoms with Gasteiger partial charge in [0.25, 0.3) is 0 Å². The summed E-state index contributed by atoms with van der Waals surface area (Å²) in [5, 5.41) is 3.14. The SMILES string of the molecule is C[Si](C)(C)CN.C[Si](C)(C)O[Si](C)(C)CCCN.C[Si](C)(CCCN)c1ccc([Si](C)(C)CCCN)cc1. The van der Waals surface area contributed by atoms with Crippen LogP contribution in [0.1, 0.15) is 19.3 Å². The van der Waals surface area contributed by atoms with Crippen molar-refractivity contribution in [2.45, 2.75) is 116 Å². The fraction of sp³-hybridized carbons (Fsp3) is 0.786. The molecule has 0 aliphatic rings. The third kappa shape index (κ3) is 20.9. The van der Waals surface area contributed by atoms with E-state index >= 15 is 0 Å². The first kappa shape index (κ1) is 40.2. The third-order valence-electron chi connectivity index (χ3n) is 6.64. The van der Waals surface area contributed by atoms with Crippen LogP contribution in [0.25, 0.3) is 0 Å². The highest BCUT2D eigenvalue weighted by Crippen LogP contribution is 2.19. The maximum atomic E-state index is 6.15. The predicted octanol–water partition coefficient (Wildman–Crippen LogP) is 5.43. The quantitative estimate of drug-likeness (QED) is 0.208. The first-order valence-electron chi connectivity index (χ1n) is 14.8. The molecule has 5 nitrogen and oxygen atoms in total. The lowest BCUT2D eigenvalue weighted by molar-refractivity contribution is 0.544. The van der Waals surface area contributed by atoms with E-state index in [9.17, 15) is 0 Å². The third-order valence-corrected chi connectivity index (χ3v) is 21.1. The fourth-order valence-corrected chi connectivity index (χ4v) is 17.1. The van der Waals surface area contributed by atoms with Gasteiger partial charge in [-0.2, -0.15) is 0 Å². The lowest BCUT2D eigenvalue weighted by atomic mass is 10.4. The van der Waals surface area contributed by atoms with Crippen molar-refractivity contribution in [2.75, 3.05) is 25.8 Å². The molecule has 0 aliphatic carbocycles. The molecule has 226 valence electrons. The van der Waals surface area contributed by atoms with Crippen LogP contribution in [0.2, 0.25) is 96.7 Å². The minimum absolute atomic E-state index is 0.797. The topological polar surface area (TPSA) is 113 Å². The van der Waals surface area contributed by atoms with Gasteiger partial charge in [-0.25, -0.2) is 0 Å². The second-order valence-corrected chi connectivity index (χ2v) is 39.0. The second-order valence-electron chi connectivity index (χ2n) is 14.8. The Hall–Kier alpha value is 0.104. The van der Waals surface area contributed by atoms with Crippen LogP contribution >= 0.6 is 0 Å². The molecule has 0 spiro atoms. The first-order chi connectivity index (χ1) is 17.2. The summed E-state index contributed by atoms with van der Waals surface area (Å²) in [7, 11) is -6.14. The minimum atomic E-state index is -1.38. The van der Waals surface area contributed by atoms with E-state index in [-0.39, 0.29) is 0 Å². The molecule has 10 heteroatoms. The van der Waals surface area contributed by atoms with Crippen LogP contribution in [-0.4, -0.2) is 66.7 Å². The highest BCUT2D eigenvalue weighted by molar-refractivity contribution is 6.91. The lowest BCUT2D eigenvalue weighted by Crippen LogP contribution is -2.45. The Balaban J connectivity index is 0. The summed E-state index contributed by atoms with van der Waals surface area (Å²) < 4.78 is 6.15. The minimum Gasteiger partial charge on any atom is -0.456 e. The van der Waals surface area contributed by atoms with Crippen LogP contribution < -0.4 is 33.3 Å². The number of benzene rings is 1. The zero-order chi connectivity index (χ0) is 30.3. The molecule has 8 N–H and O–H groups in total. The zero-order valence-electron chi connectivity index (χ0n) is 27.6. The van der Waals surface area contributed by atoms with Crippen LogP contribution in [0, 0.1) is 0 Å². The molecule has 0 unspecified atom stereocenters. The van der Waals surface area contributed by atoms with E-state index in [0.29, 0.717) is 0 Å². The van der Waals surface area contributed by atoms with Gasteiger partial charge in [-0.1, -0.05) is 92.6 Å². The smallest absolute Gasteiger partial charge is 0.173 e. The Labute approximate surface area is 243 Å². The van der Waals surface area contributed by atoms with Crippen LogP contribution in [0.3, 0.4) is 0 Å².